The molecule has 0 aromatic heterocycles. The SMILES string of the molecule is CCCN(CC)CCC(N)C(C)C. The Kier molecular flexibility index (Phi) is 7.29. The Balaban J connectivity index is 3.58. The van der Waals surface area contributed by atoms with Gasteiger partial charge in [-0.15, -0.1) is 0 Å². The molecule has 0 amide bonds. The molecule has 0 fully saturated rings. The van der Waals surface area contributed by atoms with Crippen LogP contribution in [0.5, 0.6) is 0 Å². The quantitative estimate of drug-likeness (QED) is 0.659. The van der Waals surface area contributed by atoms with E-state index in [0.29, 0.717) is 12.0 Å². The average molecular weight is 186 g/mol. The van der Waals surface area contributed by atoms with E-state index in [1.165, 1.54) is 13.0 Å². The van der Waals surface area contributed by atoms with Gasteiger partial charge in [0.05, 0.1) is 0 Å². The van der Waals surface area contributed by atoms with Crippen molar-refractivity contribution in [1.82, 2.24) is 4.90 Å². The first-order chi connectivity index (χ1) is 6.11. The molecule has 1 atom stereocenters. The van der Waals surface area contributed by atoms with Crippen LogP contribution >= 0.6 is 0 Å². The lowest BCUT2D eigenvalue weighted by molar-refractivity contribution is 0.266. The van der Waals surface area contributed by atoms with Gasteiger partial charge in [-0.2, -0.15) is 0 Å². The third kappa shape index (κ3) is 6.05. The number of rotatable bonds is 7. The van der Waals surface area contributed by atoms with Gasteiger partial charge in [0.15, 0.2) is 0 Å². The molecule has 0 aliphatic heterocycles. The van der Waals surface area contributed by atoms with Crippen molar-refractivity contribution in [2.24, 2.45) is 11.7 Å². The topological polar surface area (TPSA) is 29.3 Å². The van der Waals surface area contributed by atoms with E-state index in [1.807, 2.05) is 0 Å². The molecule has 0 saturated heterocycles. The molecule has 0 aliphatic rings. The van der Waals surface area contributed by atoms with Crippen molar-refractivity contribution in [1.29, 1.82) is 0 Å². The highest BCUT2D eigenvalue weighted by molar-refractivity contribution is 4.67. The zero-order chi connectivity index (χ0) is 10.3. The van der Waals surface area contributed by atoms with Crippen LogP contribution in [0.25, 0.3) is 0 Å². The maximum atomic E-state index is 5.99. The van der Waals surface area contributed by atoms with Crippen LogP contribution in [0, 0.1) is 5.92 Å². The van der Waals surface area contributed by atoms with Crippen molar-refractivity contribution in [2.75, 3.05) is 19.6 Å². The first-order valence-electron chi connectivity index (χ1n) is 5.59. The van der Waals surface area contributed by atoms with Gasteiger partial charge < -0.3 is 10.6 Å². The Hall–Kier alpha value is -0.0800. The molecule has 0 aromatic carbocycles. The predicted octanol–water partition coefficient (Wildman–Crippen LogP) is 2.09. The highest BCUT2D eigenvalue weighted by Crippen LogP contribution is 2.04. The number of nitrogens with two attached hydrogens (primary N) is 1. The summed E-state index contributed by atoms with van der Waals surface area (Å²) in [4.78, 5) is 2.47. The fourth-order valence-electron chi connectivity index (χ4n) is 1.41. The molecule has 0 radical (unpaired) electrons. The monoisotopic (exact) mass is 186 g/mol. The summed E-state index contributed by atoms with van der Waals surface area (Å²) < 4.78 is 0. The Morgan fingerprint density at radius 1 is 1.15 bits per heavy atom. The predicted molar refractivity (Wildman–Crippen MR) is 59.8 cm³/mol. The van der Waals surface area contributed by atoms with E-state index < -0.39 is 0 Å². The molecule has 80 valence electrons. The van der Waals surface area contributed by atoms with Crippen molar-refractivity contribution in [2.45, 2.75) is 46.6 Å². The molecule has 0 rings (SSSR count). The smallest absolute Gasteiger partial charge is 0.00740 e. The van der Waals surface area contributed by atoms with E-state index in [9.17, 15) is 0 Å². The van der Waals surface area contributed by atoms with E-state index in [-0.39, 0.29) is 0 Å². The lowest BCUT2D eigenvalue weighted by Crippen LogP contribution is -2.33. The van der Waals surface area contributed by atoms with Crippen LogP contribution < -0.4 is 5.73 Å². The Morgan fingerprint density at radius 2 is 1.77 bits per heavy atom. The Bertz CT molecular complexity index is 113. The van der Waals surface area contributed by atoms with E-state index in [2.05, 4.69) is 32.6 Å². The number of nitrogens with zero attached hydrogens (tertiary/aromatic N) is 1. The fourth-order valence-corrected chi connectivity index (χ4v) is 1.41. The molecule has 0 spiro atoms. The van der Waals surface area contributed by atoms with Crippen molar-refractivity contribution < 1.29 is 0 Å². The van der Waals surface area contributed by atoms with E-state index in [1.54, 1.807) is 0 Å². The molecule has 0 aliphatic carbocycles. The summed E-state index contributed by atoms with van der Waals surface area (Å²) in [7, 11) is 0. The Morgan fingerprint density at radius 3 is 2.15 bits per heavy atom. The molecule has 0 saturated carbocycles. The number of hydrogen-bond acceptors (Lipinski definition) is 2. The van der Waals surface area contributed by atoms with Gasteiger partial charge in [0.2, 0.25) is 0 Å². The minimum Gasteiger partial charge on any atom is -0.327 e. The summed E-state index contributed by atoms with van der Waals surface area (Å²) in [6.07, 6.45) is 2.37. The molecule has 2 heteroatoms. The van der Waals surface area contributed by atoms with Gasteiger partial charge >= 0.3 is 0 Å². The minimum atomic E-state index is 0.367. The largest absolute Gasteiger partial charge is 0.327 e. The third-order valence-corrected chi connectivity index (χ3v) is 2.62. The van der Waals surface area contributed by atoms with Crippen LogP contribution in [0.15, 0.2) is 0 Å². The highest BCUT2D eigenvalue weighted by Gasteiger charge is 2.09. The summed E-state index contributed by atoms with van der Waals surface area (Å²) in [6, 6.07) is 0.367. The summed E-state index contributed by atoms with van der Waals surface area (Å²) in [6.45, 7) is 12.4. The average Bonchev–Trinajstić information content (AvgIpc) is 2.11. The van der Waals surface area contributed by atoms with Crippen LogP contribution in [0.2, 0.25) is 0 Å². The van der Waals surface area contributed by atoms with E-state index in [4.69, 9.17) is 5.73 Å². The maximum absolute atomic E-state index is 5.99. The summed E-state index contributed by atoms with van der Waals surface area (Å²) in [5.74, 6) is 0.611. The number of hydrogen-bond donors (Lipinski definition) is 1. The molecular formula is C11H26N2. The lowest BCUT2D eigenvalue weighted by Gasteiger charge is -2.23. The summed E-state index contributed by atoms with van der Waals surface area (Å²) in [5.41, 5.74) is 5.99. The van der Waals surface area contributed by atoms with Gasteiger partial charge in [-0.3, -0.25) is 0 Å². The standard InChI is InChI=1S/C11H26N2/c1-5-8-13(6-2)9-7-11(12)10(3)4/h10-11H,5-9,12H2,1-4H3. The van der Waals surface area contributed by atoms with Gasteiger partial charge in [0.25, 0.3) is 0 Å². The van der Waals surface area contributed by atoms with E-state index in [0.717, 1.165) is 19.5 Å². The van der Waals surface area contributed by atoms with Gasteiger partial charge in [-0.05, 0) is 38.4 Å². The van der Waals surface area contributed by atoms with Crippen molar-refractivity contribution in [3.63, 3.8) is 0 Å². The second kappa shape index (κ2) is 7.34. The van der Waals surface area contributed by atoms with Gasteiger partial charge in [0.1, 0.15) is 0 Å². The van der Waals surface area contributed by atoms with E-state index >= 15 is 0 Å². The highest BCUT2D eigenvalue weighted by atomic mass is 15.1. The van der Waals surface area contributed by atoms with Crippen molar-refractivity contribution >= 4 is 0 Å². The third-order valence-electron chi connectivity index (χ3n) is 2.62. The van der Waals surface area contributed by atoms with Crippen LogP contribution in [0.1, 0.15) is 40.5 Å². The second-order valence-electron chi connectivity index (χ2n) is 4.13. The molecule has 2 N–H and O–H groups in total. The molecule has 0 heterocycles. The minimum absolute atomic E-state index is 0.367. The molecule has 1 unspecified atom stereocenters. The van der Waals surface area contributed by atoms with Crippen LogP contribution in [-0.2, 0) is 0 Å². The van der Waals surface area contributed by atoms with Gasteiger partial charge in [-0.25, -0.2) is 0 Å². The van der Waals surface area contributed by atoms with Crippen molar-refractivity contribution in [3.8, 4) is 0 Å². The van der Waals surface area contributed by atoms with Gasteiger partial charge in [0, 0.05) is 6.04 Å². The van der Waals surface area contributed by atoms with Gasteiger partial charge in [-0.1, -0.05) is 27.7 Å². The zero-order valence-corrected chi connectivity index (χ0v) is 9.71. The fraction of sp³-hybridized carbons (Fsp3) is 1.00. The first kappa shape index (κ1) is 12.9. The molecule has 2 nitrogen and oxygen atoms in total. The normalized spacial score (nSPS) is 14.1. The van der Waals surface area contributed by atoms with Crippen LogP contribution in [0.4, 0.5) is 0 Å². The van der Waals surface area contributed by atoms with Crippen LogP contribution in [-0.4, -0.2) is 30.6 Å². The molecule has 13 heavy (non-hydrogen) atoms. The molecule has 0 aromatic rings. The molecule has 0 bridgehead atoms. The Labute approximate surface area is 83.5 Å². The lowest BCUT2D eigenvalue weighted by atomic mass is 10.0. The second-order valence-corrected chi connectivity index (χ2v) is 4.13. The van der Waals surface area contributed by atoms with Crippen LogP contribution in [0.3, 0.4) is 0 Å². The summed E-state index contributed by atoms with van der Waals surface area (Å²) >= 11 is 0. The molecular weight excluding hydrogens is 160 g/mol. The first-order valence-corrected chi connectivity index (χ1v) is 5.59. The summed E-state index contributed by atoms with van der Waals surface area (Å²) in [5, 5.41) is 0. The zero-order valence-electron chi connectivity index (χ0n) is 9.71. The van der Waals surface area contributed by atoms with Crippen molar-refractivity contribution in [3.05, 3.63) is 0 Å². The maximum Gasteiger partial charge on any atom is 0.00740 e.